The van der Waals surface area contributed by atoms with Gasteiger partial charge in [-0.15, -0.1) is 0 Å². The summed E-state index contributed by atoms with van der Waals surface area (Å²) in [5, 5.41) is 48.0. The predicted molar refractivity (Wildman–Crippen MR) is 420 cm³/mol. The average molecular weight is 1560 g/mol. The van der Waals surface area contributed by atoms with E-state index >= 15 is 9.59 Å². The van der Waals surface area contributed by atoms with Gasteiger partial charge in [0.05, 0.1) is 6.61 Å². The first kappa shape index (κ1) is 87.5. The normalized spacial score (nSPS) is 14.9. The van der Waals surface area contributed by atoms with Gasteiger partial charge < -0.3 is 84.9 Å². The number of unbranched alkanes of at least 4 members (excludes halogenated alkanes) is 1. The van der Waals surface area contributed by atoms with Gasteiger partial charge in [-0.2, -0.15) is 0 Å². The van der Waals surface area contributed by atoms with Crippen LogP contribution >= 0.6 is 11.6 Å². The van der Waals surface area contributed by atoms with Crippen LogP contribution in [-0.2, 0) is 88.0 Å². The van der Waals surface area contributed by atoms with E-state index in [1.54, 1.807) is 111 Å². The molecule has 10 atom stereocenters. The number of aliphatic hydroxyl groups excluding tert-OH is 1. The molecule has 0 radical (unpaired) electrons. The maximum Gasteiger partial charge on any atom is 0.264 e. The summed E-state index contributed by atoms with van der Waals surface area (Å²) in [6.45, 7) is 12.4. The zero-order valence-electron chi connectivity index (χ0n) is 63.9. The lowest BCUT2D eigenvalue weighted by Gasteiger charge is -2.31. The molecule has 1 fully saturated rings. The Morgan fingerprint density at radius 2 is 0.991 bits per heavy atom. The third-order valence-electron chi connectivity index (χ3n) is 18.2. The van der Waals surface area contributed by atoms with E-state index in [2.05, 4.69) is 74.1 Å². The highest BCUT2D eigenvalue weighted by atomic mass is 35.5. The molecule has 14 amide bonds. The van der Waals surface area contributed by atoms with Crippen molar-refractivity contribution in [3.05, 3.63) is 173 Å². The minimum absolute atomic E-state index is 0.00641. The van der Waals surface area contributed by atoms with Crippen molar-refractivity contribution in [2.75, 3.05) is 30.3 Å². The Labute approximate surface area is 654 Å². The van der Waals surface area contributed by atoms with Gasteiger partial charge in [0.2, 0.25) is 70.9 Å². The molecule has 0 aliphatic carbocycles. The number of nitrogens with two attached hydrogens (primary N) is 1. The van der Waals surface area contributed by atoms with Crippen LogP contribution in [0.3, 0.4) is 0 Å². The van der Waals surface area contributed by atoms with Gasteiger partial charge in [0.15, 0.2) is 6.17 Å². The molecule has 2 heterocycles. The lowest BCUT2D eigenvalue weighted by molar-refractivity contribution is -0.142. The van der Waals surface area contributed by atoms with Crippen LogP contribution in [0.2, 0.25) is 5.02 Å². The van der Waals surface area contributed by atoms with Crippen LogP contribution in [0.4, 0.5) is 11.4 Å². The van der Waals surface area contributed by atoms with Gasteiger partial charge in [-0.3, -0.25) is 72.1 Å². The molecule has 598 valence electrons. The first-order chi connectivity index (χ1) is 53.3. The highest BCUT2D eigenvalue weighted by Gasteiger charge is 2.41. The van der Waals surface area contributed by atoms with E-state index in [9.17, 15) is 62.6 Å². The number of hydrogen-bond acceptors (Lipinski definition) is 17. The Morgan fingerprint density at radius 1 is 0.509 bits per heavy atom. The van der Waals surface area contributed by atoms with Gasteiger partial charge >= 0.3 is 0 Å². The lowest BCUT2D eigenvalue weighted by Crippen LogP contribution is -2.62. The van der Waals surface area contributed by atoms with Crippen LogP contribution in [0, 0.1) is 5.92 Å². The average Bonchev–Trinajstić information content (AvgIpc) is 1.56. The molecular weight excluding hydrogens is 1460 g/mol. The minimum Gasteiger partial charge on any atom is -0.394 e. The van der Waals surface area contributed by atoms with Gasteiger partial charge in [0.25, 0.3) is 11.8 Å². The summed E-state index contributed by atoms with van der Waals surface area (Å²) in [5.41, 5.74) is 8.05. The highest BCUT2D eigenvalue weighted by molar-refractivity contribution is 6.30. The van der Waals surface area contributed by atoms with Gasteiger partial charge in [0, 0.05) is 93.4 Å². The van der Waals surface area contributed by atoms with Gasteiger partial charge in [0.1, 0.15) is 54.4 Å². The molecule has 0 saturated carbocycles. The van der Waals surface area contributed by atoms with Crippen molar-refractivity contribution >= 4 is 116 Å². The van der Waals surface area contributed by atoms with Crippen molar-refractivity contribution in [1.29, 1.82) is 0 Å². The molecule has 6 aromatic rings. The number of nitrogens with zero attached hydrogens (tertiary/aromatic N) is 2. The second-order valence-corrected chi connectivity index (χ2v) is 28.8. The van der Waals surface area contributed by atoms with Crippen LogP contribution in [0.15, 0.2) is 140 Å². The Kier molecular flexibility index (Phi) is 33.6. The van der Waals surface area contributed by atoms with Gasteiger partial charge in [-0.05, 0) is 146 Å². The Hall–Kier alpha value is -11.7. The van der Waals surface area contributed by atoms with Crippen molar-refractivity contribution < 1.29 is 72.2 Å². The summed E-state index contributed by atoms with van der Waals surface area (Å²) in [7, 11) is 0. The fourth-order valence-electron chi connectivity index (χ4n) is 12.5. The number of carbonyl (C=O) groups excluding carboxylic acids is 14. The number of halogens is 1. The van der Waals surface area contributed by atoms with E-state index in [0.29, 0.717) is 69.8 Å². The van der Waals surface area contributed by atoms with Crippen molar-refractivity contribution in [1.82, 2.24) is 68.4 Å². The van der Waals surface area contributed by atoms with Crippen LogP contribution in [0.5, 0.6) is 0 Å². The molecule has 0 unspecified atom stereocenters. The van der Waals surface area contributed by atoms with Crippen LogP contribution in [-0.4, -0.2) is 184 Å². The number of carbonyl (C=O) groups is 14. The topological polar surface area (TPSA) is 458 Å². The van der Waals surface area contributed by atoms with Crippen molar-refractivity contribution in [2.45, 2.75) is 186 Å². The standard InChI is InChI=1S/C80H101ClN16O15/c1-45(2)37-62(72(104)89-61(18-11-12-35-84-46(3)4)80(112)97-36-14-19-68(97)78(110)85-47(5)69(82)102)90-73(105)63(39-52-22-30-59(31-23-52)86-48(6)99)91-74(106)64(40-53-24-32-60(33-25-53)87-49(7)100)93-77(109)67(44-98)95-76(108)66(41-54-15-13-34-83-43-54)92-75(107)65(38-51-20-28-58(81)29-21-51)94-79(111)70(88-50(8)101)96-71(103)57-27-26-55-16-9-10-17-56(55)42-57/h9-10,13,15-17,20-34,42-43,45-47,61-68,70,84,98H,11-12,14,18-19,35-41,44H2,1-8H3,(H2,82,102)(H,85,110)(H,86,99)(H,87,100)(H,88,101)(H,89,104)(H,90,105)(H,91,106)(H,92,107)(H,93,109)(H,94,111)(H,95,108)(H,96,103)/t47-,61+,62+,63-,64+,65-,66-,67+,68-,70+/m1/s1. The molecule has 5 aromatic carbocycles. The number of hydrogen-bond donors (Lipinski definition) is 15. The number of amides is 14. The zero-order valence-corrected chi connectivity index (χ0v) is 64.7. The van der Waals surface area contributed by atoms with Gasteiger partial charge in [-0.1, -0.05) is 112 Å². The van der Waals surface area contributed by atoms with E-state index in [-0.39, 0.29) is 80.8 Å². The summed E-state index contributed by atoms with van der Waals surface area (Å²) in [6, 6.07) is 21.2. The Balaban J connectivity index is 1.18. The first-order valence-corrected chi connectivity index (χ1v) is 37.5. The molecule has 1 aliphatic rings. The molecule has 1 saturated heterocycles. The second-order valence-electron chi connectivity index (χ2n) is 28.4. The number of rotatable bonds is 40. The minimum atomic E-state index is -1.89. The van der Waals surface area contributed by atoms with Crippen LogP contribution in [0.1, 0.15) is 127 Å². The summed E-state index contributed by atoms with van der Waals surface area (Å²) in [6.07, 6.45) is 1.83. The Bertz CT molecular complexity index is 4310. The smallest absolute Gasteiger partial charge is 0.264 e. The van der Waals surface area contributed by atoms with E-state index in [1.807, 2.05) is 26.0 Å². The largest absolute Gasteiger partial charge is 0.394 e. The molecule has 1 aliphatic heterocycles. The lowest BCUT2D eigenvalue weighted by atomic mass is 9.99. The molecular formula is C80H101ClN16O15. The van der Waals surface area contributed by atoms with Crippen molar-refractivity contribution in [3.8, 4) is 0 Å². The summed E-state index contributed by atoms with van der Waals surface area (Å²) in [5.74, 6) is -11.3. The number of primary amides is 1. The quantitative estimate of drug-likeness (QED) is 0.0194. The molecule has 0 spiro atoms. The molecule has 31 nitrogen and oxygen atoms in total. The number of pyridine rings is 1. The molecule has 112 heavy (non-hydrogen) atoms. The van der Waals surface area contributed by atoms with E-state index < -0.39 is 138 Å². The summed E-state index contributed by atoms with van der Waals surface area (Å²) in [4.78, 5) is 201. The SMILES string of the molecule is CC(=O)Nc1ccc(C[C@H](NC(=O)[C@H](CO)NC(=O)[C@@H](Cc2cccnc2)NC(=O)[C@@H](Cc2ccc(Cl)cc2)NC(=O)[C@@H](NC(C)=O)NC(=O)c2ccc3ccccc3c2)C(=O)N[C@H](Cc2ccc(NC(C)=O)cc2)C(=O)N[C@@H](CC(C)C)C(=O)N[C@@H](CCCCNC(C)C)C(=O)N2CCC[C@@H]2C(=O)N[C@H](C)C(N)=O)cc1. The number of anilines is 2. The third-order valence-corrected chi connectivity index (χ3v) is 18.5. The number of benzene rings is 5. The maximum atomic E-state index is 15.3. The summed E-state index contributed by atoms with van der Waals surface area (Å²) < 4.78 is 0. The fraction of sp³-hybridized carbons (Fsp3) is 0.412. The zero-order chi connectivity index (χ0) is 81.7. The van der Waals surface area contributed by atoms with Crippen LogP contribution < -0.4 is 74.9 Å². The van der Waals surface area contributed by atoms with E-state index in [1.165, 1.54) is 56.3 Å². The maximum absolute atomic E-state index is 15.3. The molecule has 0 bridgehead atoms. The first-order valence-electron chi connectivity index (χ1n) is 37.1. The van der Waals surface area contributed by atoms with Gasteiger partial charge in [-0.25, -0.2) is 0 Å². The van der Waals surface area contributed by atoms with Crippen molar-refractivity contribution in [2.24, 2.45) is 11.7 Å². The van der Waals surface area contributed by atoms with Crippen LogP contribution in [0.25, 0.3) is 10.8 Å². The molecule has 7 rings (SSSR count). The van der Waals surface area contributed by atoms with Crippen molar-refractivity contribution in [3.63, 3.8) is 0 Å². The Morgan fingerprint density at radius 3 is 1.48 bits per heavy atom. The number of fused-ring (bicyclic) bond motifs is 1. The third kappa shape index (κ3) is 28.0. The van der Waals surface area contributed by atoms with E-state index in [4.69, 9.17) is 17.3 Å². The fourth-order valence-corrected chi connectivity index (χ4v) is 12.6. The number of likely N-dealkylation sites (tertiary alicyclic amines) is 1. The predicted octanol–water partition coefficient (Wildman–Crippen LogP) is 2.55. The molecule has 16 N–H and O–H groups in total. The number of aromatic nitrogens is 1. The number of nitrogens with one attached hydrogen (secondary N) is 13. The number of aliphatic hydroxyl groups is 1. The summed E-state index contributed by atoms with van der Waals surface area (Å²) >= 11 is 6.24. The van der Waals surface area contributed by atoms with E-state index in [0.717, 1.165) is 12.3 Å². The molecule has 1 aromatic heterocycles. The highest BCUT2D eigenvalue weighted by Crippen LogP contribution is 2.23. The second kappa shape index (κ2) is 43.0. The monoisotopic (exact) mass is 1560 g/mol. The molecule has 32 heteroatoms.